The van der Waals surface area contributed by atoms with Crippen molar-refractivity contribution in [2.45, 2.75) is 50.7 Å². The van der Waals surface area contributed by atoms with E-state index >= 15 is 0 Å². The largest absolute Gasteiger partial charge is 0.495 e. The lowest BCUT2D eigenvalue weighted by Gasteiger charge is -2.34. The van der Waals surface area contributed by atoms with Gasteiger partial charge in [-0.1, -0.05) is 78.5 Å². The lowest BCUT2D eigenvalue weighted by molar-refractivity contribution is -0.140. The smallest absolute Gasteiger partial charge is 0.244 e. The number of carbonyl (C=O) groups is 2. The third kappa shape index (κ3) is 8.40. The van der Waals surface area contributed by atoms with Crippen LogP contribution in [0.25, 0.3) is 0 Å². The molecular formula is C31H35Cl2N3O5S. The van der Waals surface area contributed by atoms with E-state index in [-0.39, 0.29) is 35.6 Å². The fourth-order valence-electron chi connectivity index (χ4n) is 5.13. The van der Waals surface area contributed by atoms with Crippen molar-refractivity contribution < 1.29 is 22.7 Å². The summed E-state index contributed by atoms with van der Waals surface area (Å²) in [7, 11) is -2.46. The molecular weight excluding hydrogens is 597 g/mol. The number of hydrogen-bond donors (Lipinski definition) is 1. The van der Waals surface area contributed by atoms with E-state index in [1.807, 2.05) is 30.3 Å². The summed E-state index contributed by atoms with van der Waals surface area (Å²) < 4.78 is 32.1. The van der Waals surface area contributed by atoms with E-state index in [1.165, 1.54) is 24.1 Å². The molecule has 0 aromatic heterocycles. The number of rotatable bonds is 12. The number of nitrogens with zero attached hydrogens (tertiary/aromatic N) is 2. The molecule has 0 heterocycles. The van der Waals surface area contributed by atoms with Gasteiger partial charge in [0.25, 0.3) is 0 Å². The Balaban J connectivity index is 1.72. The van der Waals surface area contributed by atoms with Crippen LogP contribution in [0.3, 0.4) is 0 Å². The van der Waals surface area contributed by atoms with Gasteiger partial charge in [-0.05, 0) is 54.3 Å². The lowest BCUT2D eigenvalue weighted by Crippen LogP contribution is -2.54. The van der Waals surface area contributed by atoms with Crippen molar-refractivity contribution in [3.63, 3.8) is 0 Å². The van der Waals surface area contributed by atoms with Crippen LogP contribution in [-0.4, -0.2) is 57.1 Å². The summed E-state index contributed by atoms with van der Waals surface area (Å²) in [4.78, 5) is 29.5. The quantitative estimate of drug-likeness (QED) is 0.286. The van der Waals surface area contributed by atoms with Crippen molar-refractivity contribution >= 4 is 50.7 Å². The molecule has 1 aliphatic rings. The zero-order valence-electron chi connectivity index (χ0n) is 23.6. The van der Waals surface area contributed by atoms with E-state index in [1.54, 1.807) is 30.3 Å². The highest BCUT2D eigenvalue weighted by molar-refractivity contribution is 7.92. The standard InChI is InChI=1S/C31H35Cl2N3O5S/c1-41-29-17-16-26(19-27(29)33)36(42(2,39)40)21-30(37)35(20-23-12-14-24(32)15-13-23)28(18-22-8-4-3-5-9-22)31(38)34-25-10-6-7-11-25/h3-5,8-9,12-17,19,25,28H,6-7,10-11,18,20-21H2,1-2H3,(H,34,38)/t28-/m0/s1. The highest BCUT2D eigenvalue weighted by Gasteiger charge is 2.34. The molecule has 0 saturated heterocycles. The van der Waals surface area contributed by atoms with Gasteiger partial charge in [0.2, 0.25) is 21.8 Å². The molecule has 4 rings (SSSR count). The van der Waals surface area contributed by atoms with Crippen LogP contribution in [0.4, 0.5) is 5.69 Å². The van der Waals surface area contributed by atoms with Gasteiger partial charge in [-0.3, -0.25) is 13.9 Å². The van der Waals surface area contributed by atoms with Crippen molar-refractivity contribution in [3.05, 3.63) is 94.0 Å². The van der Waals surface area contributed by atoms with Crippen LogP contribution >= 0.6 is 23.2 Å². The average Bonchev–Trinajstić information content (AvgIpc) is 3.47. The molecule has 2 amide bonds. The molecule has 11 heteroatoms. The maximum absolute atomic E-state index is 14.2. The Hall–Kier alpha value is -3.27. The fourth-order valence-corrected chi connectivity index (χ4v) is 6.35. The number of anilines is 1. The van der Waals surface area contributed by atoms with Crippen molar-refractivity contribution in [1.29, 1.82) is 0 Å². The van der Waals surface area contributed by atoms with Crippen LogP contribution in [0.15, 0.2) is 72.8 Å². The van der Waals surface area contributed by atoms with Crippen LogP contribution < -0.4 is 14.4 Å². The molecule has 0 radical (unpaired) electrons. The number of halogens is 2. The molecule has 1 atom stereocenters. The predicted molar refractivity (Wildman–Crippen MR) is 167 cm³/mol. The van der Waals surface area contributed by atoms with E-state index in [0.717, 1.165) is 47.4 Å². The van der Waals surface area contributed by atoms with Crippen LogP contribution in [0.2, 0.25) is 10.0 Å². The molecule has 0 spiro atoms. The van der Waals surface area contributed by atoms with Crippen molar-refractivity contribution in [3.8, 4) is 5.75 Å². The zero-order valence-corrected chi connectivity index (χ0v) is 26.0. The third-order valence-corrected chi connectivity index (χ3v) is 9.03. The van der Waals surface area contributed by atoms with Crippen molar-refractivity contribution in [2.24, 2.45) is 0 Å². The summed E-state index contributed by atoms with van der Waals surface area (Å²) in [6.07, 6.45) is 5.12. The SMILES string of the molecule is COc1ccc(N(CC(=O)N(Cc2ccc(Cl)cc2)[C@@H](Cc2ccccc2)C(=O)NC2CCCC2)S(C)(=O)=O)cc1Cl. The molecule has 224 valence electrons. The van der Waals surface area contributed by atoms with E-state index in [0.29, 0.717) is 10.8 Å². The molecule has 3 aromatic carbocycles. The van der Waals surface area contributed by atoms with Gasteiger partial charge in [-0.25, -0.2) is 8.42 Å². The van der Waals surface area contributed by atoms with Gasteiger partial charge in [-0.15, -0.1) is 0 Å². The molecule has 0 unspecified atom stereocenters. The number of carbonyl (C=O) groups excluding carboxylic acids is 2. The number of nitrogens with one attached hydrogen (secondary N) is 1. The summed E-state index contributed by atoms with van der Waals surface area (Å²) >= 11 is 12.4. The second kappa shape index (κ2) is 14.3. The Morgan fingerprint density at radius 2 is 1.64 bits per heavy atom. The first kappa shape index (κ1) is 31.7. The Kier molecular flexibility index (Phi) is 10.8. The number of benzene rings is 3. The highest BCUT2D eigenvalue weighted by Crippen LogP contribution is 2.30. The molecule has 8 nitrogen and oxygen atoms in total. The number of hydrogen-bond acceptors (Lipinski definition) is 5. The Morgan fingerprint density at radius 3 is 2.24 bits per heavy atom. The lowest BCUT2D eigenvalue weighted by atomic mass is 10.0. The highest BCUT2D eigenvalue weighted by atomic mass is 35.5. The predicted octanol–water partition coefficient (Wildman–Crippen LogP) is 5.47. The molecule has 3 aromatic rings. The molecule has 0 aliphatic heterocycles. The first-order valence-corrected chi connectivity index (χ1v) is 16.3. The van der Waals surface area contributed by atoms with Gasteiger partial charge in [0, 0.05) is 24.0 Å². The van der Waals surface area contributed by atoms with Gasteiger partial charge in [0.05, 0.1) is 24.1 Å². The topological polar surface area (TPSA) is 96.0 Å². The van der Waals surface area contributed by atoms with Gasteiger partial charge in [0.15, 0.2) is 0 Å². The number of sulfonamides is 1. The monoisotopic (exact) mass is 631 g/mol. The first-order valence-electron chi connectivity index (χ1n) is 13.7. The minimum absolute atomic E-state index is 0.0391. The first-order chi connectivity index (χ1) is 20.0. The third-order valence-electron chi connectivity index (χ3n) is 7.34. The van der Waals surface area contributed by atoms with E-state index < -0.39 is 28.5 Å². The normalized spacial score (nSPS) is 14.3. The zero-order chi connectivity index (χ0) is 30.3. The molecule has 0 bridgehead atoms. The van der Waals surface area contributed by atoms with Crippen LogP contribution in [0.1, 0.15) is 36.8 Å². The number of amides is 2. The molecule has 1 saturated carbocycles. The van der Waals surface area contributed by atoms with Crippen LogP contribution in [0, 0.1) is 0 Å². The van der Waals surface area contributed by atoms with Gasteiger partial charge < -0.3 is 15.0 Å². The number of ether oxygens (including phenoxy) is 1. The second-order valence-corrected chi connectivity index (χ2v) is 13.2. The minimum atomic E-state index is -3.92. The van der Waals surface area contributed by atoms with E-state index in [4.69, 9.17) is 27.9 Å². The maximum Gasteiger partial charge on any atom is 0.244 e. The minimum Gasteiger partial charge on any atom is -0.495 e. The van der Waals surface area contributed by atoms with Crippen molar-refractivity contribution in [2.75, 3.05) is 24.2 Å². The van der Waals surface area contributed by atoms with Crippen LogP contribution in [-0.2, 0) is 32.6 Å². The summed E-state index contributed by atoms with van der Waals surface area (Å²) in [5.74, 6) is -0.438. The van der Waals surface area contributed by atoms with E-state index in [2.05, 4.69) is 5.32 Å². The summed E-state index contributed by atoms with van der Waals surface area (Å²) in [5.41, 5.74) is 1.83. The van der Waals surface area contributed by atoms with Gasteiger partial charge in [-0.2, -0.15) is 0 Å². The fraction of sp³-hybridized carbons (Fsp3) is 0.355. The molecule has 1 N–H and O–H groups in total. The summed E-state index contributed by atoms with van der Waals surface area (Å²) in [6, 6.07) is 20.1. The molecule has 1 fully saturated rings. The second-order valence-electron chi connectivity index (χ2n) is 10.4. The summed E-state index contributed by atoms with van der Waals surface area (Å²) in [5, 5.41) is 3.89. The maximum atomic E-state index is 14.2. The molecule has 42 heavy (non-hydrogen) atoms. The van der Waals surface area contributed by atoms with E-state index in [9.17, 15) is 18.0 Å². The Labute approximate surface area is 257 Å². The van der Waals surface area contributed by atoms with Crippen molar-refractivity contribution in [1.82, 2.24) is 10.2 Å². The van der Waals surface area contributed by atoms with Gasteiger partial charge >= 0.3 is 0 Å². The average molecular weight is 633 g/mol. The Morgan fingerprint density at radius 1 is 0.976 bits per heavy atom. The molecule has 1 aliphatic carbocycles. The number of methoxy groups -OCH3 is 1. The van der Waals surface area contributed by atoms with Gasteiger partial charge in [0.1, 0.15) is 18.3 Å². The summed E-state index contributed by atoms with van der Waals surface area (Å²) in [6.45, 7) is -0.455. The Bertz CT molecular complexity index is 1480. The van der Waals surface area contributed by atoms with Crippen LogP contribution in [0.5, 0.6) is 5.75 Å².